The zero-order chi connectivity index (χ0) is 26.5. The number of hydrogen-bond acceptors (Lipinski definition) is 0. The first-order chi connectivity index (χ1) is 19.1. The standard InChI is InChI=1S/C39H30/c1-25-18-19-32-34(20-25)39(36-22-27(3)26(2)21-35(36)38(32)29-14-8-5-9-15-29)37-24-31-17-11-10-16-30(31)23-33(37)28-12-6-4-7-13-28/h4-24H,1-3H3. The van der Waals surface area contributed by atoms with Gasteiger partial charge in [-0.3, -0.25) is 0 Å². The highest BCUT2D eigenvalue weighted by Crippen LogP contribution is 2.47. The van der Waals surface area contributed by atoms with Crippen molar-refractivity contribution in [2.24, 2.45) is 0 Å². The summed E-state index contributed by atoms with van der Waals surface area (Å²) in [6.07, 6.45) is 0. The Bertz CT molecular complexity index is 2010. The average Bonchev–Trinajstić information content (AvgIpc) is 2.97. The highest BCUT2D eigenvalue weighted by Gasteiger charge is 2.20. The number of benzene rings is 7. The van der Waals surface area contributed by atoms with Gasteiger partial charge in [0, 0.05) is 0 Å². The zero-order valence-electron chi connectivity index (χ0n) is 22.6. The molecule has 7 aromatic rings. The minimum Gasteiger partial charge on any atom is -0.0622 e. The maximum Gasteiger partial charge on any atom is -0.00197 e. The van der Waals surface area contributed by atoms with Crippen molar-refractivity contribution in [3.8, 4) is 33.4 Å². The van der Waals surface area contributed by atoms with Gasteiger partial charge in [-0.25, -0.2) is 0 Å². The molecule has 0 saturated heterocycles. The number of hydrogen-bond donors (Lipinski definition) is 0. The van der Waals surface area contributed by atoms with E-state index < -0.39 is 0 Å². The molecule has 39 heavy (non-hydrogen) atoms. The normalized spacial score (nSPS) is 11.5. The first-order valence-corrected chi connectivity index (χ1v) is 13.7. The van der Waals surface area contributed by atoms with Crippen LogP contribution >= 0.6 is 0 Å². The molecule has 0 saturated carbocycles. The van der Waals surface area contributed by atoms with Crippen LogP contribution in [0.3, 0.4) is 0 Å². The second kappa shape index (κ2) is 9.26. The van der Waals surface area contributed by atoms with Crippen molar-refractivity contribution in [2.45, 2.75) is 20.8 Å². The lowest BCUT2D eigenvalue weighted by molar-refractivity contribution is 1.37. The monoisotopic (exact) mass is 498 g/mol. The van der Waals surface area contributed by atoms with Crippen LogP contribution in [-0.2, 0) is 0 Å². The predicted octanol–water partition coefficient (Wildman–Crippen LogP) is 11.1. The fourth-order valence-corrected chi connectivity index (χ4v) is 6.11. The van der Waals surface area contributed by atoms with Crippen LogP contribution in [0.1, 0.15) is 16.7 Å². The van der Waals surface area contributed by atoms with Crippen molar-refractivity contribution in [3.05, 3.63) is 144 Å². The van der Waals surface area contributed by atoms with Crippen LogP contribution in [-0.4, -0.2) is 0 Å². The predicted molar refractivity (Wildman–Crippen MR) is 169 cm³/mol. The lowest BCUT2D eigenvalue weighted by Gasteiger charge is -2.22. The van der Waals surface area contributed by atoms with Crippen LogP contribution in [0.25, 0.3) is 65.7 Å². The Kier molecular flexibility index (Phi) is 5.56. The quantitative estimate of drug-likeness (QED) is 0.213. The molecule has 0 aliphatic rings. The first-order valence-electron chi connectivity index (χ1n) is 13.7. The molecule has 7 rings (SSSR count). The molecule has 0 N–H and O–H groups in total. The molecule has 0 bridgehead atoms. The SMILES string of the molecule is Cc1ccc2c(-c3ccccc3)c3cc(C)c(C)cc3c(-c3cc4ccccc4cc3-c3ccccc3)c2c1. The Morgan fingerprint density at radius 3 is 1.51 bits per heavy atom. The van der Waals surface area contributed by atoms with E-state index in [1.54, 1.807) is 0 Å². The summed E-state index contributed by atoms with van der Waals surface area (Å²) in [6, 6.07) is 47.0. The van der Waals surface area contributed by atoms with E-state index in [0.29, 0.717) is 0 Å². The van der Waals surface area contributed by atoms with Gasteiger partial charge in [0.1, 0.15) is 0 Å². The van der Waals surface area contributed by atoms with Crippen LogP contribution in [0.4, 0.5) is 0 Å². The van der Waals surface area contributed by atoms with Crippen molar-refractivity contribution in [2.75, 3.05) is 0 Å². The van der Waals surface area contributed by atoms with Gasteiger partial charge in [-0.2, -0.15) is 0 Å². The minimum absolute atomic E-state index is 1.24. The van der Waals surface area contributed by atoms with Crippen molar-refractivity contribution in [3.63, 3.8) is 0 Å². The van der Waals surface area contributed by atoms with Gasteiger partial charge in [0.2, 0.25) is 0 Å². The summed E-state index contributed by atoms with van der Waals surface area (Å²) in [6.45, 7) is 6.67. The second-order valence-corrected chi connectivity index (χ2v) is 10.8. The van der Waals surface area contributed by atoms with Gasteiger partial charge in [-0.1, -0.05) is 121 Å². The van der Waals surface area contributed by atoms with Crippen molar-refractivity contribution in [1.82, 2.24) is 0 Å². The Morgan fingerprint density at radius 2 is 0.872 bits per heavy atom. The summed E-state index contributed by atoms with van der Waals surface area (Å²) in [5.41, 5.74) is 11.6. The summed E-state index contributed by atoms with van der Waals surface area (Å²) in [5.74, 6) is 0. The lowest BCUT2D eigenvalue weighted by atomic mass is 9.81. The van der Waals surface area contributed by atoms with E-state index in [2.05, 4.69) is 148 Å². The molecule has 0 fully saturated rings. The van der Waals surface area contributed by atoms with Gasteiger partial charge in [0.15, 0.2) is 0 Å². The molecule has 0 unspecified atom stereocenters. The molecule has 186 valence electrons. The smallest absolute Gasteiger partial charge is 0.00197 e. The Morgan fingerprint density at radius 1 is 0.359 bits per heavy atom. The van der Waals surface area contributed by atoms with Gasteiger partial charge in [0.25, 0.3) is 0 Å². The Balaban J connectivity index is 1.73. The summed E-state index contributed by atoms with van der Waals surface area (Å²) < 4.78 is 0. The van der Waals surface area contributed by atoms with Crippen LogP contribution in [0, 0.1) is 20.8 Å². The molecule has 0 aliphatic carbocycles. The van der Waals surface area contributed by atoms with E-state index in [9.17, 15) is 0 Å². The van der Waals surface area contributed by atoms with Crippen LogP contribution in [0.2, 0.25) is 0 Å². The van der Waals surface area contributed by atoms with E-state index >= 15 is 0 Å². The molecule has 7 aromatic carbocycles. The van der Waals surface area contributed by atoms with E-state index in [1.165, 1.54) is 82.4 Å². The van der Waals surface area contributed by atoms with Crippen LogP contribution in [0.15, 0.2) is 127 Å². The molecule has 0 aromatic heterocycles. The van der Waals surface area contributed by atoms with E-state index in [-0.39, 0.29) is 0 Å². The van der Waals surface area contributed by atoms with Crippen LogP contribution in [0.5, 0.6) is 0 Å². The van der Waals surface area contributed by atoms with E-state index in [0.717, 1.165) is 0 Å². The molecule has 0 amide bonds. The fourth-order valence-electron chi connectivity index (χ4n) is 6.11. The minimum atomic E-state index is 1.24. The summed E-state index contributed by atoms with van der Waals surface area (Å²) in [5, 5.41) is 7.74. The molecule has 0 atom stereocenters. The Hall–Kier alpha value is -4.68. The molecular formula is C39H30. The maximum atomic E-state index is 2.41. The molecular weight excluding hydrogens is 468 g/mol. The summed E-state index contributed by atoms with van der Waals surface area (Å²) in [4.78, 5) is 0. The average molecular weight is 499 g/mol. The molecule has 0 aliphatic heterocycles. The molecule has 0 heteroatoms. The van der Waals surface area contributed by atoms with Crippen molar-refractivity contribution < 1.29 is 0 Å². The van der Waals surface area contributed by atoms with Crippen molar-refractivity contribution in [1.29, 1.82) is 0 Å². The highest BCUT2D eigenvalue weighted by atomic mass is 14.2. The molecule has 0 nitrogen and oxygen atoms in total. The first kappa shape index (κ1) is 23.4. The highest BCUT2D eigenvalue weighted by molar-refractivity contribution is 6.23. The van der Waals surface area contributed by atoms with Crippen molar-refractivity contribution >= 4 is 32.3 Å². The number of aryl methyl sites for hydroxylation is 3. The van der Waals surface area contributed by atoms with Gasteiger partial charge in [-0.05, 0) is 110 Å². The van der Waals surface area contributed by atoms with Gasteiger partial charge < -0.3 is 0 Å². The third-order valence-electron chi connectivity index (χ3n) is 8.19. The van der Waals surface area contributed by atoms with E-state index in [4.69, 9.17) is 0 Å². The zero-order valence-corrected chi connectivity index (χ0v) is 22.6. The molecule has 0 radical (unpaired) electrons. The third kappa shape index (κ3) is 3.92. The topological polar surface area (TPSA) is 0 Å². The summed E-state index contributed by atoms with van der Waals surface area (Å²) >= 11 is 0. The van der Waals surface area contributed by atoms with Gasteiger partial charge >= 0.3 is 0 Å². The number of rotatable bonds is 3. The molecule has 0 spiro atoms. The summed E-state index contributed by atoms with van der Waals surface area (Å²) in [7, 11) is 0. The molecule has 0 heterocycles. The van der Waals surface area contributed by atoms with Gasteiger partial charge in [0.05, 0.1) is 0 Å². The lowest BCUT2D eigenvalue weighted by Crippen LogP contribution is -1.95. The van der Waals surface area contributed by atoms with Gasteiger partial charge in [-0.15, -0.1) is 0 Å². The Labute approximate surface area is 230 Å². The van der Waals surface area contributed by atoms with E-state index in [1.807, 2.05) is 0 Å². The number of fused-ring (bicyclic) bond motifs is 3. The van der Waals surface area contributed by atoms with Crippen LogP contribution < -0.4 is 0 Å². The fraction of sp³-hybridized carbons (Fsp3) is 0.0769. The third-order valence-corrected chi connectivity index (χ3v) is 8.19. The second-order valence-electron chi connectivity index (χ2n) is 10.8. The maximum absolute atomic E-state index is 2.41. The largest absolute Gasteiger partial charge is 0.0622 e.